The van der Waals surface area contributed by atoms with Gasteiger partial charge in [-0.2, -0.15) is 0 Å². The molecule has 0 unspecified atom stereocenters. The summed E-state index contributed by atoms with van der Waals surface area (Å²) < 4.78 is 5.33. The number of ether oxygens (including phenoxy) is 1. The molecule has 1 aromatic heterocycles. The summed E-state index contributed by atoms with van der Waals surface area (Å²) in [6.45, 7) is 2.02. The molecule has 1 aliphatic rings. The zero-order valence-electron chi connectivity index (χ0n) is 12.2. The highest BCUT2D eigenvalue weighted by Crippen LogP contribution is 2.20. The number of aromatic nitrogens is 1. The number of rotatable bonds is 8. The van der Waals surface area contributed by atoms with Crippen molar-refractivity contribution < 1.29 is 14.6 Å². The second kappa shape index (κ2) is 8.42. The van der Waals surface area contributed by atoms with E-state index in [0.717, 1.165) is 49.8 Å². The Bertz CT molecular complexity index is 500. The maximum absolute atomic E-state index is 10.2. The van der Waals surface area contributed by atoms with Crippen LogP contribution in [0, 0.1) is 0 Å². The van der Waals surface area contributed by atoms with Gasteiger partial charge in [0.25, 0.3) is 0 Å². The Morgan fingerprint density at radius 3 is 3.19 bits per heavy atom. The largest absolute Gasteiger partial charge is 0.478 e. The minimum Gasteiger partial charge on any atom is -0.478 e. The lowest BCUT2D eigenvalue weighted by Gasteiger charge is -2.17. The standard InChI is InChI=1S/C16H22N2O3/c19-15(20)7-4-12-21-11-2-1-6-14-9-8-13-5-3-10-17-16(13)18-14/h4,7-9H,1-3,5-6,10-12H2,(H,17,18)(H,19,20). The molecule has 1 aliphatic heterocycles. The van der Waals surface area contributed by atoms with Gasteiger partial charge < -0.3 is 15.2 Å². The number of aryl methyl sites for hydroxylation is 2. The molecule has 5 heteroatoms. The highest BCUT2D eigenvalue weighted by molar-refractivity contribution is 5.79. The fourth-order valence-corrected chi connectivity index (χ4v) is 2.32. The molecule has 0 spiro atoms. The maximum Gasteiger partial charge on any atom is 0.328 e. The molecule has 114 valence electrons. The average molecular weight is 290 g/mol. The van der Waals surface area contributed by atoms with Gasteiger partial charge in [0.2, 0.25) is 0 Å². The van der Waals surface area contributed by atoms with Crippen molar-refractivity contribution in [2.45, 2.75) is 32.1 Å². The quantitative estimate of drug-likeness (QED) is 0.568. The van der Waals surface area contributed by atoms with Crippen molar-refractivity contribution in [3.8, 4) is 0 Å². The van der Waals surface area contributed by atoms with Crippen LogP contribution in [0.3, 0.4) is 0 Å². The number of pyridine rings is 1. The molecule has 0 atom stereocenters. The van der Waals surface area contributed by atoms with Gasteiger partial charge in [-0.05, 0) is 43.7 Å². The lowest BCUT2D eigenvalue weighted by atomic mass is 10.1. The first-order valence-corrected chi connectivity index (χ1v) is 7.45. The number of unbranched alkanes of at least 4 members (excludes halogenated alkanes) is 1. The molecule has 2 rings (SSSR count). The van der Waals surface area contributed by atoms with E-state index in [1.807, 2.05) is 0 Å². The number of fused-ring (bicyclic) bond motifs is 1. The van der Waals surface area contributed by atoms with Crippen LogP contribution in [-0.4, -0.2) is 35.8 Å². The predicted molar refractivity (Wildman–Crippen MR) is 81.6 cm³/mol. The van der Waals surface area contributed by atoms with Gasteiger partial charge in [-0.15, -0.1) is 0 Å². The molecule has 0 aliphatic carbocycles. The third-order valence-electron chi connectivity index (χ3n) is 3.40. The smallest absolute Gasteiger partial charge is 0.328 e. The Morgan fingerprint density at radius 2 is 2.33 bits per heavy atom. The Balaban J connectivity index is 1.62. The minimum absolute atomic E-state index is 0.354. The van der Waals surface area contributed by atoms with Crippen molar-refractivity contribution in [3.05, 3.63) is 35.5 Å². The Labute approximate surface area is 125 Å². The molecule has 0 saturated heterocycles. The Morgan fingerprint density at radius 1 is 1.43 bits per heavy atom. The summed E-state index contributed by atoms with van der Waals surface area (Å²) >= 11 is 0. The number of carboxylic acid groups (broad SMARTS) is 1. The van der Waals surface area contributed by atoms with Gasteiger partial charge in [0.05, 0.1) is 6.61 Å². The Kier molecular flexibility index (Phi) is 6.22. The molecular weight excluding hydrogens is 268 g/mol. The summed E-state index contributed by atoms with van der Waals surface area (Å²) in [5.41, 5.74) is 2.44. The number of aliphatic carboxylic acids is 1. The van der Waals surface area contributed by atoms with Gasteiger partial charge in [-0.3, -0.25) is 0 Å². The summed E-state index contributed by atoms with van der Waals surface area (Å²) in [5, 5.41) is 11.8. The lowest BCUT2D eigenvalue weighted by Crippen LogP contribution is -2.14. The van der Waals surface area contributed by atoms with Crippen molar-refractivity contribution >= 4 is 11.8 Å². The summed E-state index contributed by atoms with van der Waals surface area (Å²) in [6.07, 6.45) is 7.84. The van der Waals surface area contributed by atoms with E-state index in [2.05, 4.69) is 22.4 Å². The van der Waals surface area contributed by atoms with Crippen LogP contribution >= 0.6 is 0 Å². The van der Waals surface area contributed by atoms with Crippen LogP contribution in [0.2, 0.25) is 0 Å². The van der Waals surface area contributed by atoms with Gasteiger partial charge in [0.15, 0.2) is 0 Å². The van der Waals surface area contributed by atoms with Crippen molar-refractivity contribution in [1.82, 2.24) is 4.98 Å². The first kappa shape index (κ1) is 15.5. The number of hydrogen-bond acceptors (Lipinski definition) is 4. The van der Waals surface area contributed by atoms with Crippen LogP contribution < -0.4 is 5.32 Å². The van der Waals surface area contributed by atoms with Crippen LogP contribution in [0.15, 0.2) is 24.3 Å². The van der Waals surface area contributed by atoms with E-state index in [4.69, 9.17) is 9.84 Å². The van der Waals surface area contributed by atoms with Crippen molar-refractivity contribution in [3.63, 3.8) is 0 Å². The van der Waals surface area contributed by atoms with Gasteiger partial charge in [-0.1, -0.05) is 12.1 Å². The van der Waals surface area contributed by atoms with Gasteiger partial charge in [-0.25, -0.2) is 9.78 Å². The minimum atomic E-state index is -0.939. The number of anilines is 1. The zero-order chi connectivity index (χ0) is 14.9. The van der Waals surface area contributed by atoms with Crippen molar-refractivity contribution in [2.24, 2.45) is 0 Å². The molecule has 0 amide bonds. The number of nitrogens with one attached hydrogen (secondary N) is 1. The highest BCUT2D eigenvalue weighted by Gasteiger charge is 2.09. The summed E-state index contributed by atoms with van der Waals surface area (Å²) in [5.74, 6) is 0.111. The summed E-state index contributed by atoms with van der Waals surface area (Å²) in [4.78, 5) is 14.9. The first-order valence-electron chi connectivity index (χ1n) is 7.45. The maximum atomic E-state index is 10.2. The highest BCUT2D eigenvalue weighted by atomic mass is 16.5. The van der Waals surface area contributed by atoms with Crippen LogP contribution in [0.25, 0.3) is 0 Å². The van der Waals surface area contributed by atoms with Crippen LogP contribution in [-0.2, 0) is 22.4 Å². The van der Waals surface area contributed by atoms with E-state index < -0.39 is 5.97 Å². The normalized spacial score (nSPS) is 13.9. The van der Waals surface area contributed by atoms with Crippen molar-refractivity contribution in [2.75, 3.05) is 25.1 Å². The lowest BCUT2D eigenvalue weighted by molar-refractivity contribution is -0.131. The van der Waals surface area contributed by atoms with Gasteiger partial charge in [0.1, 0.15) is 5.82 Å². The number of hydrogen-bond donors (Lipinski definition) is 2. The van der Waals surface area contributed by atoms with Crippen LogP contribution in [0.1, 0.15) is 30.5 Å². The molecule has 2 heterocycles. The second-order valence-corrected chi connectivity index (χ2v) is 5.11. The molecule has 0 fully saturated rings. The molecule has 5 nitrogen and oxygen atoms in total. The van der Waals surface area contributed by atoms with E-state index >= 15 is 0 Å². The van der Waals surface area contributed by atoms with E-state index in [1.165, 1.54) is 18.1 Å². The average Bonchev–Trinajstić information content (AvgIpc) is 2.49. The first-order chi connectivity index (χ1) is 10.3. The SMILES string of the molecule is O=C(O)C=CCOCCCCc1ccc2c(n1)NCCC2. The van der Waals surface area contributed by atoms with Gasteiger partial charge in [0, 0.05) is 24.9 Å². The number of carboxylic acids is 1. The van der Waals surface area contributed by atoms with E-state index in [1.54, 1.807) is 0 Å². The van der Waals surface area contributed by atoms with Gasteiger partial charge >= 0.3 is 5.97 Å². The van der Waals surface area contributed by atoms with Crippen molar-refractivity contribution in [1.29, 1.82) is 0 Å². The molecule has 0 bridgehead atoms. The van der Waals surface area contributed by atoms with E-state index in [9.17, 15) is 4.79 Å². The second-order valence-electron chi connectivity index (χ2n) is 5.11. The number of nitrogens with zero attached hydrogens (tertiary/aromatic N) is 1. The molecule has 2 N–H and O–H groups in total. The third kappa shape index (κ3) is 5.55. The third-order valence-corrected chi connectivity index (χ3v) is 3.40. The number of carbonyl (C=O) groups is 1. The van der Waals surface area contributed by atoms with Crippen LogP contribution in [0.4, 0.5) is 5.82 Å². The fourth-order valence-electron chi connectivity index (χ4n) is 2.32. The molecule has 0 saturated carbocycles. The fraction of sp³-hybridized carbons (Fsp3) is 0.500. The van der Waals surface area contributed by atoms with E-state index in [0.29, 0.717) is 13.2 Å². The summed E-state index contributed by atoms with van der Waals surface area (Å²) in [7, 11) is 0. The molecule has 1 aromatic rings. The van der Waals surface area contributed by atoms with E-state index in [-0.39, 0.29) is 0 Å². The zero-order valence-corrected chi connectivity index (χ0v) is 12.2. The molecule has 21 heavy (non-hydrogen) atoms. The predicted octanol–water partition coefficient (Wildman–Crippen LogP) is 2.42. The monoisotopic (exact) mass is 290 g/mol. The molecular formula is C16H22N2O3. The van der Waals surface area contributed by atoms with Crippen LogP contribution in [0.5, 0.6) is 0 Å². The summed E-state index contributed by atoms with van der Waals surface area (Å²) in [6, 6.07) is 4.29. The molecule has 0 radical (unpaired) electrons. The molecule has 0 aromatic carbocycles. The Hall–Kier alpha value is -1.88. The topological polar surface area (TPSA) is 71.5 Å².